The average Bonchev–Trinajstić information content (AvgIpc) is 2.98. The summed E-state index contributed by atoms with van der Waals surface area (Å²) in [6, 6.07) is 11.3. The number of rotatable bonds is 4. The summed E-state index contributed by atoms with van der Waals surface area (Å²) in [4.78, 5) is 25.0. The molecule has 1 aromatic heterocycles. The predicted molar refractivity (Wildman–Crippen MR) is 110 cm³/mol. The highest BCUT2D eigenvalue weighted by Gasteiger charge is 2.20. The molecule has 2 aromatic carbocycles. The largest absolute Gasteiger partial charge is 0.366 e. The van der Waals surface area contributed by atoms with Gasteiger partial charge in [0.1, 0.15) is 5.69 Å². The van der Waals surface area contributed by atoms with Crippen LogP contribution in [0.15, 0.2) is 36.4 Å². The maximum Gasteiger partial charge on any atom is 0.274 e. The summed E-state index contributed by atoms with van der Waals surface area (Å²) < 4.78 is 1.63. The van der Waals surface area contributed by atoms with Gasteiger partial charge in [0.2, 0.25) is 0 Å². The standard InChI is InChI=1S/C22H24N4O2/c1-12-6-7-18(14(3)8-12)26-19(11-16(5)25-26)22(28)24-20-15(4)9-13(2)10-17(20)21(23)27/h6-11H,1-5H3,(H2,23,27)(H,24,28). The van der Waals surface area contributed by atoms with Gasteiger partial charge in [0.15, 0.2) is 0 Å². The second-order valence-electron chi connectivity index (χ2n) is 7.20. The van der Waals surface area contributed by atoms with E-state index in [0.717, 1.165) is 33.6 Å². The van der Waals surface area contributed by atoms with Crippen molar-refractivity contribution in [3.05, 3.63) is 75.6 Å². The van der Waals surface area contributed by atoms with Gasteiger partial charge in [-0.3, -0.25) is 9.59 Å². The molecule has 3 N–H and O–H groups in total. The number of primary amides is 1. The van der Waals surface area contributed by atoms with Gasteiger partial charge in [-0.1, -0.05) is 23.8 Å². The molecule has 0 saturated carbocycles. The molecule has 0 radical (unpaired) electrons. The summed E-state index contributed by atoms with van der Waals surface area (Å²) in [5.41, 5.74) is 12.0. The van der Waals surface area contributed by atoms with Crippen molar-refractivity contribution >= 4 is 17.5 Å². The van der Waals surface area contributed by atoms with Crippen molar-refractivity contribution in [2.45, 2.75) is 34.6 Å². The van der Waals surface area contributed by atoms with E-state index < -0.39 is 5.91 Å². The van der Waals surface area contributed by atoms with Crippen molar-refractivity contribution in [2.24, 2.45) is 5.73 Å². The Balaban J connectivity index is 2.05. The summed E-state index contributed by atoms with van der Waals surface area (Å²) in [5, 5.41) is 7.35. The first-order valence-corrected chi connectivity index (χ1v) is 9.04. The number of carbonyl (C=O) groups excluding carboxylic acids is 2. The van der Waals surface area contributed by atoms with Gasteiger partial charge in [-0.25, -0.2) is 4.68 Å². The fraction of sp³-hybridized carbons (Fsp3) is 0.227. The molecule has 0 fully saturated rings. The zero-order valence-electron chi connectivity index (χ0n) is 16.8. The van der Waals surface area contributed by atoms with E-state index >= 15 is 0 Å². The Morgan fingerprint density at radius 3 is 2.25 bits per heavy atom. The number of nitrogens with zero attached hydrogens (tertiary/aromatic N) is 2. The molecular weight excluding hydrogens is 352 g/mol. The van der Waals surface area contributed by atoms with Crippen molar-refractivity contribution in [1.82, 2.24) is 9.78 Å². The van der Waals surface area contributed by atoms with E-state index in [1.807, 2.05) is 58.9 Å². The molecule has 0 aliphatic heterocycles. The first-order valence-electron chi connectivity index (χ1n) is 9.04. The Hall–Kier alpha value is -3.41. The maximum atomic E-state index is 13.1. The fourth-order valence-electron chi connectivity index (χ4n) is 3.39. The molecule has 0 bridgehead atoms. The molecule has 0 aliphatic carbocycles. The van der Waals surface area contributed by atoms with Gasteiger partial charge < -0.3 is 11.1 Å². The number of amides is 2. The van der Waals surface area contributed by atoms with Gasteiger partial charge in [0, 0.05) is 0 Å². The van der Waals surface area contributed by atoms with Crippen molar-refractivity contribution in [3.63, 3.8) is 0 Å². The lowest BCUT2D eigenvalue weighted by Gasteiger charge is -2.15. The number of benzene rings is 2. The van der Waals surface area contributed by atoms with Gasteiger partial charge in [-0.2, -0.15) is 5.10 Å². The van der Waals surface area contributed by atoms with Crippen LogP contribution in [0.4, 0.5) is 5.69 Å². The summed E-state index contributed by atoms with van der Waals surface area (Å²) in [6.07, 6.45) is 0. The third-order valence-electron chi connectivity index (χ3n) is 4.63. The molecule has 0 saturated heterocycles. The molecule has 6 nitrogen and oxygen atoms in total. The number of hydrogen-bond acceptors (Lipinski definition) is 3. The number of anilines is 1. The van der Waals surface area contributed by atoms with Crippen LogP contribution in [0.5, 0.6) is 0 Å². The van der Waals surface area contributed by atoms with Gasteiger partial charge in [-0.05, 0) is 69.5 Å². The van der Waals surface area contributed by atoms with Crippen LogP contribution in [-0.2, 0) is 0 Å². The second-order valence-corrected chi connectivity index (χ2v) is 7.20. The van der Waals surface area contributed by atoms with Gasteiger partial charge in [0.25, 0.3) is 11.8 Å². The fourth-order valence-corrected chi connectivity index (χ4v) is 3.39. The SMILES string of the molecule is Cc1ccc(-n2nc(C)cc2C(=O)Nc2c(C)cc(C)cc2C(N)=O)c(C)c1. The minimum atomic E-state index is -0.582. The number of hydrogen-bond donors (Lipinski definition) is 2. The van der Waals surface area contributed by atoms with Gasteiger partial charge in [-0.15, -0.1) is 0 Å². The number of nitrogens with one attached hydrogen (secondary N) is 1. The summed E-state index contributed by atoms with van der Waals surface area (Å²) in [6.45, 7) is 9.55. The summed E-state index contributed by atoms with van der Waals surface area (Å²) in [7, 11) is 0. The highest BCUT2D eigenvalue weighted by atomic mass is 16.2. The third-order valence-corrected chi connectivity index (χ3v) is 4.63. The Labute approximate surface area is 164 Å². The molecule has 2 amide bonds. The minimum Gasteiger partial charge on any atom is -0.366 e. The Morgan fingerprint density at radius 1 is 0.929 bits per heavy atom. The average molecular weight is 376 g/mol. The Bertz CT molecular complexity index is 1100. The predicted octanol–water partition coefficient (Wildman–Crippen LogP) is 3.77. The lowest BCUT2D eigenvalue weighted by Crippen LogP contribution is -2.21. The normalized spacial score (nSPS) is 10.8. The van der Waals surface area contributed by atoms with Crippen LogP contribution in [0.3, 0.4) is 0 Å². The minimum absolute atomic E-state index is 0.292. The number of aromatic nitrogens is 2. The smallest absolute Gasteiger partial charge is 0.274 e. The molecule has 0 atom stereocenters. The van der Waals surface area contributed by atoms with E-state index in [2.05, 4.69) is 10.4 Å². The molecule has 0 spiro atoms. The molecule has 3 rings (SSSR count). The van der Waals surface area contributed by atoms with Crippen LogP contribution < -0.4 is 11.1 Å². The Morgan fingerprint density at radius 2 is 1.61 bits per heavy atom. The number of aryl methyl sites for hydroxylation is 5. The lowest BCUT2D eigenvalue weighted by molar-refractivity contribution is 0.100. The van der Waals surface area contributed by atoms with Crippen molar-refractivity contribution < 1.29 is 9.59 Å². The van der Waals surface area contributed by atoms with Crippen LogP contribution in [0, 0.1) is 34.6 Å². The first kappa shape index (κ1) is 19.4. The van der Waals surface area contributed by atoms with E-state index in [0.29, 0.717) is 16.9 Å². The zero-order chi connectivity index (χ0) is 20.6. The lowest BCUT2D eigenvalue weighted by atomic mass is 10.0. The van der Waals surface area contributed by atoms with Crippen LogP contribution >= 0.6 is 0 Å². The van der Waals surface area contributed by atoms with E-state index in [-0.39, 0.29) is 5.91 Å². The topological polar surface area (TPSA) is 90.0 Å². The highest BCUT2D eigenvalue weighted by Crippen LogP contribution is 2.24. The molecule has 144 valence electrons. The molecule has 6 heteroatoms. The number of carbonyl (C=O) groups is 2. The van der Waals surface area contributed by atoms with E-state index in [9.17, 15) is 9.59 Å². The summed E-state index contributed by atoms with van der Waals surface area (Å²) >= 11 is 0. The summed E-state index contributed by atoms with van der Waals surface area (Å²) in [5.74, 6) is -0.934. The quantitative estimate of drug-likeness (QED) is 0.726. The number of nitrogens with two attached hydrogens (primary N) is 1. The van der Waals surface area contributed by atoms with Crippen LogP contribution in [0.25, 0.3) is 5.69 Å². The van der Waals surface area contributed by atoms with Crippen LogP contribution in [0.1, 0.15) is 48.8 Å². The van der Waals surface area contributed by atoms with Crippen molar-refractivity contribution in [2.75, 3.05) is 5.32 Å². The van der Waals surface area contributed by atoms with Crippen molar-refractivity contribution in [3.8, 4) is 5.69 Å². The van der Waals surface area contributed by atoms with E-state index in [1.165, 1.54) is 0 Å². The third kappa shape index (κ3) is 3.67. The maximum absolute atomic E-state index is 13.1. The monoisotopic (exact) mass is 376 g/mol. The van der Waals surface area contributed by atoms with Crippen molar-refractivity contribution in [1.29, 1.82) is 0 Å². The molecule has 0 aliphatic rings. The van der Waals surface area contributed by atoms with Crippen LogP contribution in [0.2, 0.25) is 0 Å². The molecule has 0 unspecified atom stereocenters. The second kappa shape index (κ2) is 7.31. The zero-order valence-corrected chi connectivity index (χ0v) is 16.8. The molecule has 3 aromatic rings. The Kier molecular flexibility index (Phi) is 5.05. The molecular formula is C22H24N4O2. The molecule has 28 heavy (non-hydrogen) atoms. The first-order chi connectivity index (χ1) is 13.2. The highest BCUT2D eigenvalue weighted by molar-refractivity contribution is 6.09. The van der Waals surface area contributed by atoms with Crippen LogP contribution in [-0.4, -0.2) is 21.6 Å². The molecule has 1 heterocycles. The van der Waals surface area contributed by atoms with E-state index in [4.69, 9.17) is 5.73 Å². The van der Waals surface area contributed by atoms with Gasteiger partial charge >= 0.3 is 0 Å². The van der Waals surface area contributed by atoms with E-state index in [1.54, 1.807) is 16.8 Å². The van der Waals surface area contributed by atoms with Gasteiger partial charge in [0.05, 0.1) is 22.6 Å².